The third-order valence-electron chi connectivity index (χ3n) is 7.39. The summed E-state index contributed by atoms with van der Waals surface area (Å²) in [6, 6.07) is 7.42. The van der Waals surface area contributed by atoms with Crippen molar-refractivity contribution in [3.8, 4) is 5.75 Å². The molecular weight excluding hydrogens is 444 g/mol. The van der Waals surface area contributed by atoms with Crippen LogP contribution in [-0.2, 0) is 12.8 Å². The molecule has 0 saturated carbocycles. The van der Waals surface area contributed by atoms with Crippen molar-refractivity contribution in [3.05, 3.63) is 46.1 Å². The summed E-state index contributed by atoms with van der Waals surface area (Å²) < 4.78 is 5.30. The lowest BCUT2D eigenvalue weighted by Gasteiger charge is -2.36. The van der Waals surface area contributed by atoms with Crippen LogP contribution in [0.5, 0.6) is 5.75 Å². The van der Waals surface area contributed by atoms with Gasteiger partial charge in [-0.05, 0) is 55.4 Å². The van der Waals surface area contributed by atoms with Crippen molar-refractivity contribution in [1.29, 1.82) is 0 Å². The molecule has 6 nitrogen and oxygen atoms in total. The van der Waals surface area contributed by atoms with Crippen LogP contribution in [-0.4, -0.2) is 54.1 Å². The van der Waals surface area contributed by atoms with Crippen LogP contribution in [0.3, 0.4) is 0 Å². The second-order valence-electron chi connectivity index (χ2n) is 9.76. The van der Waals surface area contributed by atoms with Gasteiger partial charge in [-0.2, -0.15) is 0 Å². The van der Waals surface area contributed by atoms with Crippen molar-refractivity contribution in [1.82, 2.24) is 14.9 Å². The lowest BCUT2D eigenvalue weighted by molar-refractivity contribution is 0.0746. The highest BCUT2D eigenvalue weighted by Crippen LogP contribution is 2.42. The summed E-state index contributed by atoms with van der Waals surface area (Å²) in [7, 11) is 1.63. The molecule has 0 radical (unpaired) electrons. The molecular formula is C27H34N4O2S. The van der Waals surface area contributed by atoms with Crippen molar-refractivity contribution in [2.75, 3.05) is 38.2 Å². The number of ether oxygens (including phenoxy) is 1. The lowest BCUT2D eigenvalue weighted by Crippen LogP contribution is -2.49. The van der Waals surface area contributed by atoms with Crippen molar-refractivity contribution in [2.45, 2.75) is 52.4 Å². The number of amides is 1. The normalized spacial score (nSPS) is 19.2. The van der Waals surface area contributed by atoms with Crippen LogP contribution in [0.4, 0.5) is 5.82 Å². The van der Waals surface area contributed by atoms with E-state index in [4.69, 9.17) is 14.7 Å². The largest absolute Gasteiger partial charge is 0.497 e. The van der Waals surface area contributed by atoms with Gasteiger partial charge in [0.15, 0.2) is 0 Å². The molecule has 1 saturated heterocycles. The molecule has 1 aromatic carbocycles. The van der Waals surface area contributed by atoms with Crippen LogP contribution in [0.2, 0.25) is 0 Å². The number of hydrogen-bond donors (Lipinski definition) is 0. The molecule has 0 spiro atoms. The maximum absolute atomic E-state index is 13.1. The molecule has 0 N–H and O–H groups in total. The highest BCUT2D eigenvalue weighted by Gasteiger charge is 2.29. The van der Waals surface area contributed by atoms with Gasteiger partial charge in [-0.3, -0.25) is 4.79 Å². The zero-order chi connectivity index (χ0) is 23.8. The average Bonchev–Trinajstić information content (AvgIpc) is 3.24. The predicted molar refractivity (Wildman–Crippen MR) is 138 cm³/mol. The first-order chi connectivity index (χ1) is 16.5. The smallest absolute Gasteiger partial charge is 0.254 e. The number of hydrogen-bond acceptors (Lipinski definition) is 6. The fourth-order valence-corrected chi connectivity index (χ4v) is 6.42. The Morgan fingerprint density at radius 1 is 1.24 bits per heavy atom. The molecule has 5 rings (SSSR count). The van der Waals surface area contributed by atoms with Gasteiger partial charge in [-0.15, -0.1) is 11.3 Å². The number of anilines is 1. The first-order valence-electron chi connectivity index (χ1n) is 12.5. The molecule has 180 valence electrons. The minimum atomic E-state index is 0.0635. The van der Waals surface area contributed by atoms with Gasteiger partial charge in [0.2, 0.25) is 0 Å². The number of benzene rings is 1. The van der Waals surface area contributed by atoms with E-state index in [1.54, 1.807) is 7.11 Å². The fourth-order valence-electron chi connectivity index (χ4n) is 5.03. The number of thiophene rings is 1. The molecule has 1 aliphatic heterocycles. The number of rotatable bonds is 5. The van der Waals surface area contributed by atoms with Crippen LogP contribution >= 0.6 is 11.3 Å². The van der Waals surface area contributed by atoms with Crippen molar-refractivity contribution < 1.29 is 9.53 Å². The third-order valence-corrected chi connectivity index (χ3v) is 8.54. The minimum Gasteiger partial charge on any atom is -0.497 e. The number of piperazine rings is 1. The molecule has 0 bridgehead atoms. The summed E-state index contributed by atoms with van der Waals surface area (Å²) in [5.74, 6) is 3.87. The Morgan fingerprint density at radius 3 is 2.76 bits per heavy atom. The Kier molecular flexibility index (Phi) is 6.47. The summed E-state index contributed by atoms with van der Waals surface area (Å²) in [5.41, 5.74) is 2.15. The molecule has 7 heteroatoms. The van der Waals surface area contributed by atoms with Crippen LogP contribution < -0.4 is 9.64 Å². The van der Waals surface area contributed by atoms with E-state index in [0.29, 0.717) is 30.3 Å². The number of methoxy groups -OCH3 is 1. The Hall–Kier alpha value is -2.67. The van der Waals surface area contributed by atoms with Gasteiger partial charge < -0.3 is 14.5 Å². The molecule has 34 heavy (non-hydrogen) atoms. The van der Waals surface area contributed by atoms with Gasteiger partial charge in [0, 0.05) is 42.5 Å². The summed E-state index contributed by atoms with van der Waals surface area (Å²) in [5, 5.41) is 1.27. The van der Waals surface area contributed by atoms with E-state index < -0.39 is 0 Å². The zero-order valence-corrected chi connectivity index (χ0v) is 21.5. The molecule has 3 aromatic rings. The topological polar surface area (TPSA) is 58.6 Å². The molecule has 2 atom stereocenters. The molecule has 2 aliphatic rings. The van der Waals surface area contributed by atoms with Gasteiger partial charge in [0.1, 0.15) is 22.2 Å². The predicted octanol–water partition coefficient (Wildman–Crippen LogP) is 5.30. The maximum atomic E-state index is 13.1. The van der Waals surface area contributed by atoms with Crippen LogP contribution in [0.25, 0.3) is 10.2 Å². The van der Waals surface area contributed by atoms with Crippen LogP contribution in [0.15, 0.2) is 24.3 Å². The summed E-state index contributed by atoms with van der Waals surface area (Å²) in [6.07, 6.45) is 4.52. The Labute approximate surface area is 206 Å². The first-order valence-corrected chi connectivity index (χ1v) is 13.3. The highest BCUT2D eigenvalue weighted by molar-refractivity contribution is 7.19. The Balaban J connectivity index is 1.43. The summed E-state index contributed by atoms with van der Waals surface area (Å²) >= 11 is 1.88. The van der Waals surface area contributed by atoms with Gasteiger partial charge >= 0.3 is 0 Å². The van der Waals surface area contributed by atoms with Crippen LogP contribution in [0, 0.1) is 5.92 Å². The van der Waals surface area contributed by atoms with Crippen LogP contribution in [0.1, 0.15) is 66.2 Å². The zero-order valence-electron chi connectivity index (χ0n) is 20.6. The second kappa shape index (κ2) is 9.53. The lowest BCUT2D eigenvalue weighted by atomic mass is 9.89. The SMILES string of the molecule is CCC(C)c1nc(N2CCN(C(=O)c3cccc(OC)c3)CC2)c2c3c(sc2n1)CC(C)CC3. The fraction of sp³-hybridized carbons (Fsp3) is 0.519. The standard InChI is InChI=1S/C27H34N4O2S/c1-5-18(3)24-28-25(23-21-10-9-17(2)15-22(21)34-26(23)29-24)30-11-13-31(14-12-30)27(32)19-7-6-8-20(16-19)33-4/h6-8,16-18H,5,9-15H2,1-4H3. The average molecular weight is 479 g/mol. The number of fused-ring (bicyclic) bond motifs is 3. The number of aromatic nitrogens is 2. The number of carbonyl (C=O) groups excluding carboxylic acids is 1. The third kappa shape index (κ3) is 4.26. The molecule has 1 fully saturated rings. The molecule has 2 aromatic heterocycles. The number of nitrogens with zero attached hydrogens (tertiary/aromatic N) is 4. The van der Waals surface area contributed by atoms with E-state index >= 15 is 0 Å². The van der Waals surface area contributed by atoms with E-state index in [0.717, 1.165) is 54.7 Å². The van der Waals surface area contributed by atoms with Gasteiger partial charge in [-0.1, -0.05) is 26.8 Å². The van der Waals surface area contributed by atoms with E-state index in [9.17, 15) is 4.79 Å². The highest BCUT2D eigenvalue weighted by atomic mass is 32.1. The Bertz CT molecular complexity index is 1200. The monoisotopic (exact) mass is 478 g/mol. The molecule has 1 aliphatic carbocycles. The molecule has 3 heterocycles. The van der Waals surface area contributed by atoms with Crippen molar-refractivity contribution in [3.63, 3.8) is 0 Å². The van der Waals surface area contributed by atoms with Gasteiger partial charge in [0.25, 0.3) is 5.91 Å². The van der Waals surface area contributed by atoms with Crippen molar-refractivity contribution in [2.24, 2.45) is 5.92 Å². The maximum Gasteiger partial charge on any atom is 0.254 e. The Morgan fingerprint density at radius 2 is 2.03 bits per heavy atom. The number of carbonyl (C=O) groups is 1. The molecule has 2 unspecified atom stereocenters. The van der Waals surface area contributed by atoms with E-state index in [1.807, 2.05) is 40.5 Å². The van der Waals surface area contributed by atoms with Gasteiger partial charge in [0.05, 0.1) is 12.5 Å². The summed E-state index contributed by atoms with van der Waals surface area (Å²) in [4.78, 5) is 30.3. The van der Waals surface area contributed by atoms with Crippen molar-refractivity contribution >= 4 is 33.3 Å². The number of aryl methyl sites for hydroxylation is 1. The van der Waals surface area contributed by atoms with Gasteiger partial charge in [-0.25, -0.2) is 9.97 Å². The summed E-state index contributed by atoms with van der Waals surface area (Å²) in [6.45, 7) is 9.69. The van der Waals surface area contributed by atoms with E-state index in [1.165, 1.54) is 22.2 Å². The first kappa shape index (κ1) is 23.1. The quantitative estimate of drug-likeness (QED) is 0.498. The minimum absolute atomic E-state index is 0.0635. The molecule has 1 amide bonds. The van der Waals surface area contributed by atoms with E-state index in [-0.39, 0.29) is 5.91 Å². The van der Waals surface area contributed by atoms with E-state index in [2.05, 4.69) is 25.7 Å². The second-order valence-corrected chi connectivity index (χ2v) is 10.8.